The van der Waals surface area contributed by atoms with E-state index in [-0.39, 0.29) is 23.5 Å². The van der Waals surface area contributed by atoms with Gasteiger partial charge in [0.05, 0.1) is 11.8 Å². The van der Waals surface area contributed by atoms with Crippen molar-refractivity contribution in [1.29, 1.82) is 0 Å². The van der Waals surface area contributed by atoms with Gasteiger partial charge < -0.3 is 5.32 Å². The molecule has 1 aliphatic rings. The molecule has 5 nitrogen and oxygen atoms in total. The number of nitrogens with one attached hydrogen (secondary N) is 2. The molecule has 1 fully saturated rings. The Morgan fingerprint density at radius 2 is 2.07 bits per heavy atom. The second kappa shape index (κ2) is 9.54. The molecule has 2 heterocycles. The van der Waals surface area contributed by atoms with E-state index >= 15 is 0 Å². The fourth-order valence-electron chi connectivity index (χ4n) is 3.68. The predicted octanol–water partition coefficient (Wildman–Crippen LogP) is 4.74. The lowest BCUT2D eigenvalue weighted by Gasteiger charge is -2.18. The maximum absolute atomic E-state index is 13.3. The van der Waals surface area contributed by atoms with E-state index in [2.05, 4.69) is 20.5 Å². The van der Waals surface area contributed by atoms with Gasteiger partial charge in [-0.25, -0.2) is 9.37 Å². The Labute approximate surface area is 177 Å². The summed E-state index contributed by atoms with van der Waals surface area (Å²) in [6.45, 7) is 0. The van der Waals surface area contributed by atoms with Crippen molar-refractivity contribution in [3.63, 3.8) is 0 Å². The van der Waals surface area contributed by atoms with Crippen LogP contribution >= 0.6 is 23.1 Å². The van der Waals surface area contributed by atoms with Gasteiger partial charge in [0.1, 0.15) is 11.6 Å². The normalized spacial score (nSPS) is 15.5. The van der Waals surface area contributed by atoms with Gasteiger partial charge in [-0.1, -0.05) is 55.6 Å². The first-order valence-electron chi connectivity index (χ1n) is 9.79. The van der Waals surface area contributed by atoms with Crippen molar-refractivity contribution >= 4 is 29.0 Å². The number of carbonyl (C=O) groups is 1. The number of rotatable bonds is 8. The molecule has 1 unspecified atom stereocenters. The first-order valence-corrected chi connectivity index (χ1v) is 11.7. The lowest BCUT2D eigenvalue weighted by molar-refractivity contribution is -0.119. The largest absolute Gasteiger partial charge is 0.344 e. The van der Waals surface area contributed by atoms with Crippen LogP contribution in [0.25, 0.3) is 0 Å². The van der Waals surface area contributed by atoms with Crippen molar-refractivity contribution in [1.82, 2.24) is 20.5 Å². The number of aromatic nitrogens is 3. The minimum Gasteiger partial charge on any atom is -0.344 e. The van der Waals surface area contributed by atoms with E-state index in [0.29, 0.717) is 11.1 Å². The molecule has 0 aliphatic heterocycles. The molecule has 29 heavy (non-hydrogen) atoms. The fraction of sp³-hybridized carbons (Fsp3) is 0.381. The van der Waals surface area contributed by atoms with Crippen molar-refractivity contribution in [3.05, 3.63) is 63.9 Å². The van der Waals surface area contributed by atoms with Crippen LogP contribution in [0.1, 0.15) is 48.0 Å². The van der Waals surface area contributed by atoms with Crippen LogP contribution in [0.2, 0.25) is 0 Å². The van der Waals surface area contributed by atoms with Crippen molar-refractivity contribution in [2.45, 2.75) is 43.3 Å². The quantitative estimate of drug-likeness (QED) is 0.507. The number of nitrogens with zero attached hydrogens (tertiary/aromatic N) is 2. The number of thiophene rings is 1. The zero-order valence-corrected chi connectivity index (χ0v) is 17.6. The van der Waals surface area contributed by atoms with Crippen molar-refractivity contribution in [2.24, 2.45) is 5.92 Å². The summed E-state index contributed by atoms with van der Waals surface area (Å²) in [6, 6.07) is 9.85. The average Bonchev–Trinajstić information content (AvgIpc) is 3.49. The number of halogens is 1. The molecule has 1 atom stereocenters. The summed E-state index contributed by atoms with van der Waals surface area (Å²) in [7, 11) is 0. The van der Waals surface area contributed by atoms with Gasteiger partial charge in [-0.3, -0.25) is 9.89 Å². The molecule has 1 amide bonds. The highest BCUT2D eigenvalue weighted by molar-refractivity contribution is 7.99. The average molecular weight is 431 g/mol. The van der Waals surface area contributed by atoms with Crippen LogP contribution < -0.4 is 5.32 Å². The number of aromatic amines is 1. The monoisotopic (exact) mass is 430 g/mol. The molecule has 2 N–H and O–H groups in total. The maximum atomic E-state index is 13.3. The number of H-pyrrole nitrogens is 1. The molecule has 4 rings (SSSR count). The molecule has 3 aromatic rings. The van der Waals surface area contributed by atoms with Gasteiger partial charge in [0.25, 0.3) is 0 Å². The molecule has 1 aliphatic carbocycles. The highest BCUT2D eigenvalue weighted by Gasteiger charge is 2.20. The van der Waals surface area contributed by atoms with E-state index in [1.807, 2.05) is 17.5 Å². The molecule has 0 bridgehead atoms. The Bertz CT molecular complexity index is 921. The summed E-state index contributed by atoms with van der Waals surface area (Å²) < 4.78 is 13.3. The summed E-state index contributed by atoms with van der Waals surface area (Å²) in [5, 5.41) is 12.9. The van der Waals surface area contributed by atoms with Crippen LogP contribution in [-0.2, 0) is 11.2 Å². The second-order valence-corrected chi connectivity index (χ2v) is 9.20. The lowest BCUT2D eigenvalue weighted by atomic mass is 10.0. The molecule has 1 saturated carbocycles. The lowest BCUT2D eigenvalue weighted by Crippen LogP contribution is -2.30. The van der Waals surface area contributed by atoms with Gasteiger partial charge in [0.2, 0.25) is 11.1 Å². The van der Waals surface area contributed by atoms with Crippen LogP contribution in [0, 0.1) is 11.7 Å². The summed E-state index contributed by atoms with van der Waals surface area (Å²) in [6.07, 6.45) is 6.07. The standard InChI is InChI=1S/C21H23FN4OS2/c22-16-9-7-15(8-10-16)20(17-6-3-11-28-17)24-19(27)13-29-21-23-18(25-26-21)12-14-4-1-2-5-14/h3,6-11,14,20H,1-2,4-5,12-13H2,(H,24,27)(H,23,25,26). The number of hydrogen-bond donors (Lipinski definition) is 2. The minimum atomic E-state index is -0.297. The van der Waals surface area contributed by atoms with Crippen molar-refractivity contribution in [3.8, 4) is 0 Å². The zero-order valence-electron chi connectivity index (χ0n) is 15.9. The SMILES string of the molecule is O=C(CSc1n[nH]c(CC2CCCC2)n1)NC(c1ccc(F)cc1)c1cccs1. The Morgan fingerprint density at radius 3 is 2.79 bits per heavy atom. The van der Waals surface area contributed by atoms with Gasteiger partial charge >= 0.3 is 0 Å². The van der Waals surface area contributed by atoms with E-state index in [4.69, 9.17) is 0 Å². The van der Waals surface area contributed by atoms with Gasteiger partial charge in [-0.15, -0.1) is 16.4 Å². The zero-order chi connectivity index (χ0) is 20.1. The van der Waals surface area contributed by atoms with Gasteiger partial charge in [0, 0.05) is 11.3 Å². The van der Waals surface area contributed by atoms with E-state index in [9.17, 15) is 9.18 Å². The minimum absolute atomic E-state index is 0.111. The number of thioether (sulfide) groups is 1. The van der Waals surface area contributed by atoms with Crippen LogP contribution in [0.4, 0.5) is 4.39 Å². The van der Waals surface area contributed by atoms with Crippen LogP contribution in [0.5, 0.6) is 0 Å². The fourth-order valence-corrected chi connectivity index (χ4v) is 5.11. The number of benzene rings is 1. The third-order valence-electron chi connectivity index (χ3n) is 5.14. The molecule has 1 aromatic carbocycles. The second-order valence-electron chi connectivity index (χ2n) is 7.28. The first-order chi connectivity index (χ1) is 14.2. The molecule has 2 aromatic heterocycles. The number of amides is 1. The van der Waals surface area contributed by atoms with Gasteiger partial charge in [-0.2, -0.15) is 0 Å². The Balaban J connectivity index is 1.34. The first kappa shape index (κ1) is 20.1. The maximum Gasteiger partial charge on any atom is 0.231 e. The summed E-state index contributed by atoms with van der Waals surface area (Å²) in [5.41, 5.74) is 0.851. The third kappa shape index (κ3) is 5.45. The van der Waals surface area contributed by atoms with Crippen molar-refractivity contribution < 1.29 is 9.18 Å². The van der Waals surface area contributed by atoms with Crippen LogP contribution in [0.3, 0.4) is 0 Å². The summed E-state index contributed by atoms with van der Waals surface area (Å²) in [4.78, 5) is 18.1. The van der Waals surface area contributed by atoms with Crippen LogP contribution in [0.15, 0.2) is 46.9 Å². The highest BCUT2D eigenvalue weighted by Crippen LogP contribution is 2.28. The smallest absolute Gasteiger partial charge is 0.231 e. The Kier molecular flexibility index (Phi) is 6.61. The summed E-state index contributed by atoms with van der Waals surface area (Å²) in [5.74, 6) is 1.43. The highest BCUT2D eigenvalue weighted by atomic mass is 32.2. The van der Waals surface area contributed by atoms with Crippen molar-refractivity contribution in [2.75, 3.05) is 5.75 Å². The molecular formula is C21H23FN4OS2. The summed E-state index contributed by atoms with van der Waals surface area (Å²) >= 11 is 2.88. The molecule has 152 valence electrons. The Hall–Kier alpha value is -2.19. The molecule has 0 radical (unpaired) electrons. The molecule has 8 heteroatoms. The third-order valence-corrected chi connectivity index (χ3v) is 6.92. The molecule has 0 spiro atoms. The van der Waals surface area contributed by atoms with Gasteiger partial charge in [-0.05, 0) is 35.1 Å². The molecule has 0 saturated heterocycles. The van der Waals surface area contributed by atoms with E-state index in [0.717, 1.165) is 22.7 Å². The predicted molar refractivity (Wildman–Crippen MR) is 113 cm³/mol. The number of hydrogen-bond acceptors (Lipinski definition) is 5. The Morgan fingerprint density at radius 1 is 1.28 bits per heavy atom. The molecular weight excluding hydrogens is 407 g/mol. The number of carbonyl (C=O) groups excluding carboxylic acids is 1. The van der Waals surface area contributed by atoms with E-state index in [1.165, 1.54) is 49.6 Å². The van der Waals surface area contributed by atoms with E-state index in [1.54, 1.807) is 23.5 Å². The van der Waals surface area contributed by atoms with Crippen LogP contribution in [-0.4, -0.2) is 26.8 Å². The van der Waals surface area contributed by atoms with E-state index < -0.39 is 0 Å². The topological polar surface area (TPSA) is 70.7 Å². The van der Waals surface area contributed by atoms with Gasteiger partial charge in [0.15, 0.2) is 0 Å².